The molecule has 0 aliphatic carbocycles. The molecule has 1 aliphatic heterocycles. The van der Waals surface area contributed by atoms with Crippen molar-refractivity contribution in [2.75, 3.05) is 19.8 Å². The fraction of sp³-hybridized carbons (Fsp3) is 0.645. The number of ether oxygens (including phenoxy) is 2. The van der Waals surface area contributed by atoms with Gasteiger partial charge >= 0.3 is 18.2 Å². The van der Waals surface area contributed by atoms with Crippen molar-refractivity contribution in [2.45, 2.75) is 99.6 Å². The Balaban J connectivity index is 2.69. The molecule has 0 radical (unpaired) electrons. The fourth-order valence-corrected chi connectivity index (χ4v) is 5.36. The first kappa shape index (κ1) is 36.7. The van der Waals surface area contributed by atoms with E-state index in [1.807, 2.05) is 0 Å². The summed E-state index contributed by atoms with van der Waals surface area (Å²) in [5.41, 5.74) is -1.82. The lowest BCUT2D eigenvalue weighted by atomic mass is 9.78. The topological polar surface area (TPSA) is 146 Å². The zero-order chi connectivity index (χ0) is 33.8. The van der Waals surface area contributed by atoms with Crippen LogP contribution in [0, 0.1) is 10.8 Å². The standard InChI is InChI=1S/C31H47ClN4O8/c1-19(37)43-24(30(5,6)7)26(39)35-14-15-36(28(41)42)23(29(2,3)4)22(35)25(38)34(17-20-12-11-13-21(32)16-20)18-33-27(40)44-31(8,9)10/h11-13,16,22-24H,14-15,17-18H2,1-10H3,(H,33,40)(H,41,42). The molecule has 0 spiro atoms. The number of carbonyl (C=O) groups is 5. The molecule has 1 aromatic carbocycles. The van der Waals surface area contributed by atoms with Crippen molar-refractivity contribution < 1.29 is 38.6 Å². The number of piperazine rings is 1. The minimum absolute atomic E-state index is 0.0235. The van der Waals surface area contributed by atoms with Crippen LogP contribution in [0.3, 0.4) is 0 Å². The third-order valence-electron chi connectivity index (χ3n) is 6.90. The highest BCUT2D eigenvalue weighted by molar-refractivity contribution is 6.30. The number of carboxylic acid groups (broad SMARTS) is 1. The van der Waals surface area contributed by atoms with Crippen LogP contribution in [0.2, 0.25) is 5.02 Å². The number of hydrogen-bond acceptors (Lipinski definition) is 7. The first-order chi connectivity index (χ1) is 20.0. The number of benzene rings is 1. The quantitative estimate of drug-likeness (QED) is 0.322. The van der Waals surface area contributed by atoms with Gasteiger partial charge in [0.1, 0.15) is 11.6 Å². The molecule has 3 unspecified atom stereocenters. The molecule has 12 nitrogen and oxygen atoms in total. The summed E-state index contributed by atoms with van der Waals surface area (Å²) in [6.07, 6.45) is -3.25. The molecule has 44 heavy (non-hydrogen) atoms. The van der Waals surface area contributed by atoms with E-state index in [2.05, 4.69) is 5.32 Å². The van der Waals surface area contributed by atoms with Crippen LogP contribution in [0.1, 0.15) is 74.8 Å². The van der Waals surface area contributed by atoms with Crippen molar-refractivity contribution in [3.8, 4) is 0 Å². The molecule has 4 amide bonds. The van der Waals surface area contributed by atoms with Crippen LogP contribution in [0.4, 0.5) is 9.59 Å². The van der Waals surface area contributed by atoms with Gasteiger partial charge in [-0.3, -0.25) is 14.4 Å². The molecule has 0 aromatic heterocycles. The Morgan fingerprint density at radius 2 is 1.61 bits per heavy atom. The van der Waals surface area contributed by atoms with Crippen LogP contribution in [-0.4, -0.2) is 93.3 Å². The maximum Gasteiger partial charge on any atom is 0.409 e. The van der Waals surface area contributed by atoms with Crippen LogP contribution in [0.25, 0.3) is 0 Å². The Labute approximate surface area is 265 Å². The van der Waals surface area contributed by atoms with Gasteiger partial charge in [-0.25, -0.2) is 9.59 Å². The second-order valence-corrected chi connectivity index (χ2v) is 14.6. The Morgan fingerprint density at radius 3 is 2.09 bits per heavy atom. The third kappa shape index (κ3) is 10.0. The van der Waals surface area contributed by atoms with Gasteiger partial charge in [-0.1, -0.05) is 65.3 Å². The molecule has 1 aromatic rings. The maximum absolute atomic E-state index is 14.7. The Bertz CT molecular complexity index is 1230. The number of amides is 4. The second kappa shape index (κ2) is 14.0. The predicted molar refractivity (Wildman–Crippen MR) is 165 cm³/mol. The van der Waals surface area contributed by atoms with Crippen LogP contribution < -0.4 is 5.32 Å². The zero-order valence-electron chi connectivity index (χ0n) is 27.4. The molecule has 0 bridgehead atoms. The molecule has 1 aliphatic rings. The van der Waals surface area contributed by atoms with Gasteiger partial charge in [0.25, 0.3) is 5.91 Å². The van der Waals surface area contributed by atoms with E-state index in [0.29, 0.717) is 10.6 Å². The Kier molecular flexibility index (Phi) is 11.7. The second-order valence-electron chi connectivity index (χ2n) is 14.1. The summed E-state index contributed by atoms with van der Waals surface area (Å²) in [6, 6.07) is 4.50. The first-order valence-corrected chi connectivity index (χ1v) is 14.9. The van der Waals surface area contributed by atoms with Crippen molar-refractivity contribution in [2.24, 2.45) is 10.8 Å². The van der Waals surface area contributed by atoms with Crippen LogP contribution in [0.5, 0.6) is 0 Å². The highest BCUT2D eigenvalue weighted by atomic mass is 35.5. The molecule has 2 rings (SSSR count). The summed E-state index contributed by atoms with van der Waals surface area (Å²) in [7, 11) is 0. The first-order valence-electron chi connectivity index (χ1n) is 14.5. The molecule has 0 saturated carbocycles. The minimum Gasteiger partial charge on any atom is -0.465 e. The van der Waals surface area contributed by atoms with Gasteiger partial charge < -0.3 is 34.6 Å². The number of nitrogens with zero attached hydrogens (tertiary/aromatic N) is 3. The third-order valence-corrected chi connectivity index (χ3v) is 7.14. The van der Waals surface area contributed by atoms with Crippen LogP contribution in [0.15, 0.2) is 24.3 Å². The Morgan fingerprint density at radius 1 is 1.02 bits per heavy atom. The van der Waals surface area contributed by atoms with E-state index in [9.17, 15) is 29.1 Å². The highest BCUT2D eigenvalue weighted by Gasteiger charge is 2.53. The largest absolute Gasteiger partial charge is 0.465 e. The molecular weight excluding hydrogens is 592 g/mol. The summed E-state index contributed by atoms with van der Waals surface area (Å²) in [4.78, 5) is 69.8. The number of nitrogens with one attached hydrogen (secondary N) is 1. The zero-order valence-corrected chi connectivity index (χ0v) is 28.2. The Hall–Kier alpha value is -3.54. The van der Waals surface area contributed by atoms with Gasteiger partial charge in [0, 0.05) is 37.0 Å². The van der Waals surface area contributed by atoms with E-state index in [-0.39, 0.29) is 26.3 Å². The van der Waals surface area contributed by atoms with Gasteiger partial charge in [0.2, 0.25) is 5.91 Å². The summed E-state index contributed by atoms with van der Waals surface area (Å²) in [5.74, 6) is -1.90. The smallest absolute Gasteiger partial charge is 0.409 e. The van der Waals surface area contributed by atoms with E-state index in [4.69, 9.17) is 21.1 Å². The van der Waals surface area contributed by atoms with E-state index in [0.717, 1.165) is 0 Å². The molecule has 13 heteroatoms. The predicted octanol–water partition coefficient (Wildman–Crippen LogP) is 4.73. The van der Waals surface area contributed by atoms with E-state index in [1.165, 1.54) is 21.6 Å². The molecule has 1 heterocycles. The molecule has 246 valence electrons. The van der Waals surface area contributed by atoms with Gasteiger partial charge in [-0.15, -0.1) is 0 Å². The lowest BCUT2D eigenvalue weighted by Crippen LogP contribution is -2.71. The summed E-state index contributed by atoms with van der Waals surface area (Å²) >= 11 is 6.22. The summed E-state index contributed by atoms with van der Waals surface area (Å²) in [6.45, 7) is 16.4. The maximum atomic E-state index is 14.7. The van der Waals surface area contributed by atoms with Gasteiger partial charge in [-0.2, -0.15) is 0 Å². The van der Waals surface area contributed by atoms with Gasteiger partial charge in [0.15, 0.2) is 6.10 Å². The normalized spacial score (nSPS) is 18.2. The van der Waals surface area contributed by atoms with E-state index < -0.39 is 64.6 Å². The molecule has 1 saturated heterocycles. The highest BCUT2D eigenvalue weighted by Crippen LogP contribution is 2.35. The van der Waals surface area contributed by atoms with Crippen molar-refractivity contribution in [3.63, 3.8) is 0 Å². The summed E-state index contributed by atoms with van der Waals surface area (Å²) in [5, 5.41) is 13.2. The minimum atomic E-state index is -1.33. The van der Waals surface area contributed by atoms with Crippen molar-refractivity contribution >= 4 is 41.6 Å². The SMILES string of the molecule is CC(=O)OC(C(=O)N1CCN(C(=O)O)C(C(C)(C)C)C1C(=O)N(CNC(=O)OC(C)(C)C)Cc1cccc(Cl)c1)C(C)(C)C. The van der Waals surface area contributed by atoms with Gasteiger partial charge in [0.05, 0.1) is 12.7 Å². The summed E-state index contributed by atoms with van der Waals surface area (Å²) < 4.78 is 10.8. The molecule has 2 N–H and O–H groups in total. The van der Waals surface area contributed by atoms with E-state index in [1.54, 1.807) is 86.6 Å². The van der Waals surface area contributed by atoms with Crippen molar-refractivity contribution in [1.29, 1.82) is 0 Å². The van der Waals surface area contributed by atoms with Crippen LogP contribution >= 0.6 is 11.6 Å². The number of halogens is 1. The van der Waals surface area contributed by atoms with E-state index >= 15 is 0 Å². The molecule has 3 atom stereocenters. The number of hydrogen-bond donors (Lipinski definition) is 2. The average molecular weight is 639 g/mol. The van der Waals surface area contributed by atoms with Gasteiger partial charge in [-0.05, 0) is 43.9 Å². The lowest BCUT2D eigenvalue weighted by molar-refractivity contribution is -0.173. The number of esters is 1. The number of carbonyl (C=O) groups excluding carboxylic acids is 4. The average Bonchev–Trinajstić information content (AvgIpc) is 2.85. The van der Waals surface area contributed by atoms with Crippen molar-refractivity contribution in [1.82, 2.24) is 20.0 Å². The number of alkyl carbamates (subject to hydrolysis) is 1. The fourth-order valence-electron chi connectivity index (χ4n) is 5.15. The van der Waals surface area contributed by atoms with Crippen molar-refractivity contribution in [3.05, 3.63) is 34.9 Å². The molecular formula is C31H47ClN4O8. The van der Waals surface area contributed by atoms with Crippen LogP contribution in [-0.2, 0) is 30.4 Å². The molecule has 1 fully saturated rings. The monoisotopic (exact) mass is 638 g/mol. The number of rotatable bonds is 7. The lowest BCUT2D eigenvalue weighted by Gasteiger charge is -2.52.